The molecule has 0 aliphatic carbocycles. The zero-order chi connectivity index (χ0) is 23.4. The van der Waals surface area contributed by atoms with Crippen molar-refractivity contribution in [2.75, 3.05) is 6.26 Å². The van der Waals surface area contributed by atoms with Gasteiger partial charge in [0.1, 0.15) is 5.82 Å². The molecule has 7 nitrogen and oxygen atoms in total. The van der Waals surface area contributed by atoms with Gasteiger partial charge < -0.3 is 9.67 Å². The fourth-order valence-corrected chi connectivity index (χ4v) is 5.46. The van der Waals surface area contributed by atoms with Crippen LogP contribution in [0.3, 0.4) is 0 Å². The molecule has 0 fully saturated rings. The van der Waals surface area contributed by atoms with Crippen LogP contribution in [0.4, 0.5) is 4.39 Å². The van der Waals surface area contributed by atoms with Crippen molar-refractivity contribution in [1.82, 2.24) is 4.57 Å². The molecule has 0 bridgehead atoms. The topological polar surface area (TPSA) is 117 Å². The van der Waals surface area contributed by atoms with E-state index in [0.717, 1.165) is 18.4 Å². The highest BCUT2D eigenvalue weighted by Crippen LogP contribution is 2.43. The first-order valence-corrected chi connectivity index (χ1v) is 11.8. The van der Waals surface area contributed by atoms with E-state index in [1.54, 1.807) is 4.57 Å². The van der Waals surface area contributed by atoms with Crippen molar-refractivity contribution in [2.45, 2.75) is 30.2 Å². The second-order valence-corrected chi connectivity index (χ2v) is 10.1. The maximum Gasteiger partial charge on any atom is 0.304 e. The van der Waals surface area contributed by atoms with Gasteiger partial charge in [0, 0.05) is 40.4 Å². The highest BCUT2D eigenvalue weighted by atomic mass is 35.5. The lowest BCUT2D eigenvalue weighted by molar-refractivity contribution is -0.137. The number of hydrogen-bond donors (Lipinski definition) is 1. The van der Waals surface area contributed by atoms with Crippen LogP contribution < -0.4 is 0 Å². The highest BCUT2D eigenvalue weighted by molar-refractivity contribution is 7.91. The monoisotopic (exact) mass is 474 g/mol. The molecule has 0 radical (unpaired) electrons. The minimum absolute atomic E-state index is 0.00282. The van der Waals surface area contributed by atoms with Gasteiger partial charge in [-0.25, -0.2) is 12.8 Å². The summed E-state index contributed by atoms with van der Waals surface area (Å²) in [5.74, 6) is -3.09. The van der Waals surface area contributed by atoms with Crippen molar-refractivity contribution in [3.63, 3.8) is 0 Å². The number of aromatic nitrogens is 1. The van der Waals surface area contributed by atoms with Gasteiger partial charge >= 0.3 is 5.97 Å². The van der Waals surface area contributed by atoms with E-state index in [4.69, 9.17) is 11.6 Å². The summed E-state index contributed by atoms with van der Waals surface area (Å²) in [6.07, 6.45) is 1.03. The molecule has 1 atom stereocenters. The number of aliphatic carboxylic acids is 1. The number of ketones is 1. The number of halogens is 2. The molecule has 10 heteroatoms. The number of carboxylic acid groups (broad SMARTS) is 1. The van der Waals surface area contributed by atoms with Gasteiger partial charge in [0.05, 0.1) is 34.0 Å². The molecule has 0 amide bonds. The standard InChI is InChI=1S/C22H16ClFN2O5S/c1-32(30,31)17-9-14(24)8-16-19(17)20(21-11(7-18(27)28)4-5-26(16)21)22(29)15-3-2-13(23)6-12(15)10-25/h2-3,6,8-9,11H,4-5,7H2,1H3,(H,27,28). The number of hydrogen-bond acceptors (Lipinski definition) is 5. The maximum absolute atomic E-state index is 14.4. The summed E-state index contributed by atoms with van der Waals surface area (Å²) in [5.41, 5.74) is 0.497. The predicted octanol–water partition coefficient (Wildman–Crippen LogP) is 3.90. The van der Waals surface area contributed by atoms with Gasteiger partial charge in [0.2, 0.25) is 0 Å². The van der Waals surface area contributed by atoms with Gasteiger partial charge in [0.25, 0.3) is 0 Å². The van der Waals surface area contributed by atoms with Crippen LogP contribution in [-0.4, -0.2) is 36.1 Å². The summed E-state index contributed by atoms with van der Waals surface area (Å²) in [4.78, 5) is 24.8. The number of carbonyl (C=O) groups is 2. The van der Waals surface area contributed by atoms with E-state index >= 15 is 0 Å². The summed E-state index contributed by atoms with van der Waals surface area (Å²) < 4.78 is 41.0. The third-order valence-corrected chi connectivity index (χ3v) is 6.97. The molecule has 0 spiro atoms. The van der Waals surface area contributed by atoms with Crippen LogP contribution in [0, 0.1) is 17.1 Å². The van der Waals surface area contributed by atoms with E-state index in [9.17, 15) is 32.8 Å². The fraction of sp³-hybridized carbons (Fsp3) is 0.227. The molecule has 2 aromatic carbocycles. The Morgan fingerprint density at radius 3 is 2.66 bits per heavy atom. The Kier molecular flexibility index (Phi) is 5.31. The van der Waals surface area contributed by atoms with E-state index in [0.29, 0.717) is 18.7 Å². The second-order valence-electron chi connectivity index (χ2n) is 7.70. The molecular formula is C22H16ClFN2O5S. The Morgan fingerprint density at radius 1 is 1.31 bits per heavy atom. The zero-order valence-corrected chi connectivity index (χ0v) is 18.3. The number of carboxylic acids is 1. The van der Waals surface area contributed by atoms with E-state index < -0.39 is 33.3 Å². The van der Waals surface area contributed by atoms with Crippen LogP contribution in [0.1, 0.15) is 45.9 Å². The van der Waals surface area contributed by atoms with Crippen molar-refractivity contribution < 1.29 is 27.5 Å². The second kappa shape index (κ2) is 7.73. The molecule has 1 aliphatic heterocycles. The molecular weight excluding hydrogens is 459 g/mol. The smallest absolute Gasteiger partial charge is 0.304 e. The molecule has 4 rings (SSSR count). The molecule has 0 saturated heterocycles. The van der Waals surface area contributed by atoms with Gasteiger partial charge in [-0.3, -0.25) is 9.59 Å². The first-order valence-electron chi connectivity index (χ1n) is 9.54. The lowest BCUT2D eigenvalue weighted by Crippen LogP contribution is -2.11. The van der Waals surface area contributed by atoms with Crippen LogP contribution in [0.15, 0.2) is 35.2 Å². The van der Waals surface area contributed by atoms with Crippen molar-refractivity contribution in [3.05, 3.63) is 63.6 Å². The highest BCUT2D eigenvalue weighted by Gasteiger charge is 2.36. The quantitative estimate of drug-likeness (QED) is 0.560. The number of rotatable bonds is 5. The average Bonchev–Trinajstić information content (AvgIpc) is 3.24. The Morgan fingerprint density at radius 2 is 2.03 bits per heavy atom. The van der Waals surface area contributed by atoms with Gasteiger partial charge in [-0.15, -0.1) is 0 Å². The Balaban J connectivity index is 2.13. The average molecular weight is 475 g/mol. The molecule has 3 aromatic rings. The van der Waals surface area contributed by atoms with E-state index in [1.165, 1.54) is 18.2 Å². The SMILES string of the molecule is CS(=O)(=O)c1cc(F)cc2c1c(C(=O)c1ccc(Cl)cc1C#N)c1n2CCC1CC(=O)O. The van der Waals surface area contributed by atoms with Crippen LogP contribution in [0.25, 0.3) is 10.9 Å². The largest absolute Gasteiger partial charge is 0.481 e. The Bertz CT molecular complexity index is 1470. The van der Waals surface area contributed by atoms with Gasteiger partial charge in [-0.05, 0) is 36.8 Å². The Hall–Kier alpha value is -3.22. The third-order valence-electron chi connectivity index (χ3n) is 5.62. The molecule has 164 valence electrons. The van der Waals surface area contributed by atoms with Crippen LogP contribution in [0.2, 0.25) is 5.02 Å². The first-order chi connectivity index (χ1) is 15.0. The fourth-order valence-electron chi connectivity index (χ4n) is 4.39. The van der Waals surface area contributed by atoms with E-state index in [1.807, 2.05) is 6.07 Å². The van der Waals surface area contributed by atoms with Crippen LogP contribution in [0.5, 0.6) is 0 Å². The zero-order valence-electron chi connectivity index (χ0n) is 16.7. The third kappa shape index (κ3) is 3.55. The summed E-state index contributed by atoms with van der Waals surface area (Å²) in [7, 11) is -3.95. The number of carbonyl (C=O) groups excluding carboxylic acids is 1. The minimum atomic E-state index is -3.95. The predicted molar refractivity (Wildman–Crippen MR) is 114 cm³/mol. The number of nitriles is 1. The normalized spacial score (nSPS) is 15.5. The molecule has 32 heavy (non-hydrogen) atoms. The van der Waals surface area contributed by atoms with Crippen molar-refractivity contribution in [3.8, 4) is 6.07 Å². The molecule has 1 unspecified atom stereocenters. The number of aryl methyl sites for hydroxylation is 1. The molecule has 1 N–H and O–H groups in total. The summed E-state index contributed by atoms with van der Waals surface area (Å²) in [6.45, 7) is 0.301. The molecule has 0 saturated carbocycles. The lowest BCUT2D eigenvalue weighted by atomic mass is 9.90. The molecule has 2 heterocycles. The minimum Gasteiger partial charge on any atom is -0.481 e. The lowest BCUT2D eigenvalue weighted by Gasteiger charge is -2.12. The van der Waals surface area contributed by atoms with E-state index in [-0.39, 0.29) is 43.9 Å². The van der Waals surface area contributed by atoms with Crippen molar-refractivity contribution >= 4 is 44.1 Å². The number of nitrogens with zero attached hydrogens (tertiary/aromatic N) is 2. The number of sulfone groups is 1. The molecule has 1 aromatic heterocycles. The summed E-state index contributed by atoms with van der Waals surface area (Å²) >= 11 is 5.94. The molecule has 1 aliphatic rings. The van der Waals surface area contributed by atoms with Gasteiger partial charge in [-0.1, -0.05) is 11.6 Å². The van der Waals surface area contributed by atoms with Crippen molar-refractivity contribution in [2.24, 2.45) is 0 Å². The van der Waals surface area contributed by atoms with Crippen molar-refractivity contribution in [1.29, 1.82) is 5.26 Å². The van der Waals surface area contributed by atoms with Crippen LogP contribution >= 0.6 is 11.6 Å². The first kappa shape index (κ1) is 22.0. The Labute approximate surface area is 187 Å². The maximum atomic E-state index is 14.4. The van der Waals surface area contributed by atoms with Gasteiger partial charge in [-0.2, -0.15) is 5.26 Å². The summed E-state index contributed by atoms with van der Waals surface area (Å²) in [6, 6.07) is 8.01. The van der Waals surface area contributed by atoms with E-state index in [2.05, 4.69) is 0 Å². The number of fused-ring (bicyclic) bond motifs is 3. The van der Waals surface area contributed by atoms with Gasteiger partial charge in [0.15, 0.2) is 15.6 Å². The van der Waals surface area contributed by atoms with Crippen LogP contribution in [-0.2, 0) is 21.2 Å². The summed E-state index contributed by atoms with van der Waals surface area (Å²) in [5, 5.41) is 19.1. The number of benzene rings is 2.